The molecule has 0 spiro atoms. The molecule has 208 valence electrons. The second kappa shape index (κ2) is 11.0. The molecule has 0 aliphatic carbocycles. The summed E-state index contributed by atoms with van der Waals surface area (Å²) in [6.45, 7) is 0. The largest absolute Gasteiger partial charge is 0.310 e. The van der Waals surface area contributed by atoms with E-state index in [0.29, 0.717) is 0 Å². The molecule has 8 rings (SSSR count). The topological polar surface area (TPSA) is 34.0 Å². The molecule has 2 aromatic heterocycles. The van der Waals surface area contributed by atoms with Crippen LogP contribution in [0.2, 0.25) is 0 Å². The van der Waals surface area contributed by atoms with Gasteiger partial charge in [0.1, 0.15) is 11.3 Å². The number of fused-ring (bicyclic) bond motifs is 2. The molecule has 0 unspecified atom stereocenters. The molecular weight excluding hydrogens is 536 g/mol. The van der Waals surface area contributed by atoms with Crippen LogP contribution in [0.5, 0.6) is 0 Å². The van der Waals surface area contributed by atoms with Crippen LogP contribution in [0.3, 0.4) is 0 Å². The highest BCUT2D eigenvalue weighted by Gasteiger charge is 2.20. The van der Waals surface area contributed by atoms with Crippen molar-refractivity contribution < 1.29 is 0 Å². The number of pyridine rings is 1. The average Bonchev–Trinajstić information content (AvgIpc) is 3.49. The third-order valence-electron chi connectivity index (χ3n) is 8.05. The summed E-state index contributed by atoms with van der Waals surface area (Å²) >= 11 is 0. The van der Waals surface area contributed by atoms with Gasteiger partial charge in [-0.1, -0.05) is 103 Å². The predicted molar refractivity (Wildman–Crippen MR) is 182 cm³/mol. The zero-order chi connectivity index (χ0) is 29.3. The van der Waals surface area contributed by atoms with Crippen LogP contribution >= 0.6 is 0 Å². The van der Waals surface area contributed by atoms with E-state index in [9.17, 15) is 0 Å². The molecule has 4 nitrogen and oxygen atoms in total. The molecule has 44 heavy (non-hydrogen) atoms. The van der Waals surface area contributed by atoms with Crippen LogP contribution in [-0.4, -0.2) is 14.5 Å². The van der Waals surface area contributed by atoms with Gasteiger partial charge in [-0.15, -0.1) is 0 Å². The van der Waals surface area contributed by atoms with Gasteiger partial charge in [-0.05, 0) is 71.6 Å². The van der Waals surface area contributed by atoms with E-state index in [2.05, 4.69) is 155 Å². The Bertz CT molecular complexity index is 2210. The molecule has 0 atom stereocenters. The molecule has 0 aliphatic heterocycles. The van der Waals surface area contributed by atoms with Crippen molar-refractivity contribution in [3.63, 3.8) is 0 Å². The molecule has 0 bridgehead atoms. The van der Waals surface area contributed by atoms with Crippen LogP contribution in [0.15, 0.2) is 170 Å². The Morgan fingerprint density at radius 1 is 0.500 bits per heavy atom. The Morgan fingerprint density at radius 2 is 1.18 bits per heavy atom. The molecule has 6 aromatic carbocycles. The number of rotatable bonds is 6. The fourth-order valence-electron chi connectivity index (χ4n) is 6.03. The first-order chi connectivity index (χ1) is 21.8. The molecule has 0 aliphatic rings. The molecular formula is C40H28N4. The van der Waals surface area contributed by atoms with Crippen molar-refractivity contribution in [2.75, 3.05) is 4.90 Å². The summed E-state index contributed by atoms with van der Waals surface area (Å²) in [7, 11) is 0. The number of aromatic nitrogens is 3. The summed E-state index contributed by atoms with van der Waals surface area (Å²) in [5.41, 5.74) is 9.33. The van der Waals surface area contributed by atoms with Crippen LogP contribution < -0.4 is 4.90 Å². The minimum absolute atomic E-state index is 0.830. The molecule has 8 aromatic rings. The lowest BCUT2D eigenvalue weighted by Crippen LogP contribution is -2.10. The lowest BCUT2D eigenvalue weighted by Gasteiger charge is -2.27. The van der Waals surface area contributed by atoms with E-state index in [0.717, 1.165) is 56.4 Å². The van der Waals surface area contributed by atoms with Gasteiger partial charge in [0.25, 0.3) is 0 Å². The van der Waals surface area contributed by atoms with Crippen molar-refractivity contribution in [3.8, 4) is 28.2 Å². The number of benzene rings is 6. The molecule has 0 amide bonds. The average molecular weight is 565 g/mol. The molecule has 0 radical (unpaired) electrons. The smallest absolute Gasteiger partial charge is 0.164 e. The number of nitrogens with zero attached hydrogens (tertiary/aromatic N) is 4. The Kier molecular flexibility index (Phi) is 6.43. The fraction of sp³-hybridized carbons (Fsp3) is 0. The highest BCUT2D eigenvalue weighted by molar-refractivity contribution is 5.99. The van der Waals surface area contributed by atoms with E-state index in [1.165, 1.54) is 10.8 Å². The van der Waals surface area contributed by atoms with Crippen LogP contribution in [0, 0.1) is 0 Å². The zero-order valence-electron chi connectivity index (χ0n) is 24.0. The summed E-state index contributed by atoms with van der Waals surface area (Å²) in [6, 6.07) is 57.2. The summed E-state index contributed by atoms with van der Waals surface area (Å²) in [4.78, 5) is 12.2. The van der Waals surface area contributed by atoms with Gasteiger partial charge in [-0.25, -0.2) is 9.97 Å². The van der Waals surface area contributed by atoms with Gasteiger partial charge in [0, 0.05) is 34.1 Å². The van der Waals surface area contributed by atoms with E-state index in [1.807, 2.05) is 24.4 Å². The predicted octanol–water partition coefficient (Wildman–Crippen LogP) is 10.4. The first-order valence-corrected chi connectivity index (χ1v) is 14.8. The van der Waals surface area contributed by atoms with Crippen LogP contribution in [0.4, 0.5) is 17.1 Å². The number of anilines is 3. The third kappa shape index (κ3) is 4.50. The number of para-hydroxylation sites is 2. The second-order valence-corrected chi connectivity index (χ2v) is 10.7. The van der Waals surface area contributed by atoms with E-state index in [4.69, 9.17) is 9.97 Å². The van der Waals surface area contributed by atoms with E-state index in [1.54, 1.807) is 0 Å². The minimum Gasteiger partial charge on any atom is -0.310 e. The van der Waals surface area contributed by atoms with Gasteiger partial charge < -0.3 is 4.90 Å². The summed E-state index contributed by atoms with van der Waals surface area (Å²) in [5, 5.41) is 2.41. The molecule has 0 saturated carbocycles. The van der Waals surface area contributed by atoms with Crippen molar-refractivity contribution in [1.82, 2.24) is 14.5 Å². The summed E-state index contributed by atoms with van der Waals surface area (Å²) < 4.78 is 2.19. The fourth-order valence-corrected chi connectivity index (χ4v) is 6.03. The van der Waals surface area contributed by atoms with E-state index < -0.39 is 0 Å². The molecule has 0 N–H and O–H groups in total. The van der Waals surface area contributed by atoms with Gasteiger partial charge >= 0.3 is 0 Å². The van der Waals surface area contributed by atoms with Crippen LogP contribution in [-0.2, 0) is 0 Å². The SMILES string of the molecule is c1ccc(-c2ccccc2-n2c(-c3ccc(N(c4ccccc4)c4cccc5ccccc45)cc3)nc3cccnc32)cc1. The molecule has 2 heterocycles. The lowest BCUT2D eigenvalue weighted by atomic mass is 10.0. The molecule has 0 fully saturated rings. The Hall–Kier alpha value is -6.00. The van der Waals surface area contributed by atoms with Crippen molar-refractivity contribution in [3.05, 3.63) is 170 Å². The van der Waals surface area contributed by atoms with Crippen molar-refractivity contribution >= 4 is 39.0 Å². The monoisotopic (exact) mass is 564 g/mol. The van der Waals surface area contributed by atoms with Crippen LogP contribution in [0.25, 0.3) is 50.1 Å². The highest BCUT2D eigenvalue weighted by atomic mass is 15.1. The van der Waals surface area contributed by atoms with Crippen molar-refractivity contribution in [2.45, 2.75) is 0 Å². The zero-order valence-corrected chi connectivity index (χ0v) is 24.0. The lowest BCUT2D eigenvalue weighted by molar-refractivity contribution is 1.08. The Labute approximate surface area is 256 Å². The van der Waals surface area contributed by atoms with Crippen LogP contribution in [0.1, 0.15) is 0 Å². The quantitative estimate of drug-likeness (QED) is 0.201. The normalized spacial score (nSPS) is 11.2. The first-order valence-electron chi connectivity index (χ1n) is 14.8. The van der Waals surface area contributed by atoms with E-state index in [-0.39, 0.29) is 0 Å². The summed E-state index contributed by atoms with van der Waals surface area (Å²) in [5.74, 6) is 0.852. The third-order valence-corrected chi connectivity index (χ3v) is 8.05. The number of hydrogen-bond acceptors (Lipinski definition) is 3. The second-order valence-electron chi connectivity index (χ2n) is 10.7. The molecule has 4 heteroatoms. The Morgan fingerprint density at radius 3 is 2.02 bits per heavy atom. The van der Waals surface area contributed by atoms with Gasteiger partial charge in [0.05, 0.1) is 11.4 Å². The molecule has 0 saturated heterocycles. The maximum atomic E-state index is 5.11. The maximum absolute atomic E-state index is 5.11. The van der Waals surface area contributed by atoms with Gasteiger partial charge in [-0.2, -0.15) is 0 Å². The minimum atomic E-state index is 0.830. The standard InChI is InChI=1S/C40H28N4/c1-3-13-29(14-4-1)35-20-9-10-22-38(35)44-39(42-36-21-12-28-41-40(36)44)31-24-26-33(27-25-31)43(32-17-5-2-6-18-32)37-23-11-16-30-15-7-8-19-34(30)37/h1-28H. The maximum Gasteiger partial charge on any atom is 0.164 e. The van der Waals surface area contributed by atoms with Gasteiger partial charge in [0.2, 0.25) is 0 Å². The van der Waals surface area contributed by atoms with E-state index >= 15 is 0 Å². The van der Waals surface area contributed by atoms with Gasteiger partial charge in [0.15, 0.2) is 5.65 Å². The van der Waals surface area contributed by atoms with Crippen molar-refractivity contribution in [1.29, 1.82) is 0 Å². The highest BCUT2D eigenvalue weighted by Crippen LogP contribution is 2.40. The summed E-state index contributed by atoms with van der Waals surface area (Å²) in [6.07, 6.45) is 1.83. The number of imidazole rings is 1. The van der Waals surface area contributed by atoms with Crippen molar-refractivity contribution in [2.24, 2.45) is 0 Å². The first kappa shape index (κ1) is 25.7. The Balaban J connectivity index is 1.29. The number of hydrogen-bond donors (Lipinski definition) is 0. The van der Waals surface area contributed by atoms with Gasteiger partial charge in [-0.3, -0.25) is 4.57 Å².